The SMILES string of the molecule is Cc1ccccc1CC(=O)N1CC=C(c2c(C)[nH]c3ccccc23)CC1. The van der Waals surface area contributed by atoms with Crippen LogP contribution in [0.1, 0.15) is 28.8 Å². The summed E-state index contributed by atoms with van der Waals surface area (Å²) in [6, 6.07) is 16.6. The molecular formula is C23H24N2O. The molecule has 0 saturated heterocycles. The number of hydrogen-bond donors (Lipinski definition) is 1. The summed E-state index contributed by atoms with van der Waals surface area (Å²) in [5, 5.41) is 1.27. The first-order valence-electron chi connectivity index (χ1n) is 9.22. The van der Waals surface area contributed by atoms with Gasteiger partial charge >= 0.3 is 0 Å². The van der Waals surface area contributed by atoms with Crippen molar-refractivity contribution in [2.75, 3.05) is 13.1 Å². The van der Waals surface area contributed by atoms with E-state index in [-0.39, 0.29) is 5.91 Å². The van der Waals surface area contributed by atoms with Gasteiger partial charge in [-0.3, -0.25) is 4.79 Å². The fraction of sp³-hybridized carbons (Fsp3) is 0.261. The summed E-state index contributed by atoms with van der Waals surface area (Å²) < 4.78 is 0. The van der Waals surface area contributed by atoms with Crippen LogP contribution in [0.5, 0.6) is 0 Å². The van der Waals surface area contributed by atoms with Crippen molar-refractivity contribution in [2.24, 2.45) is 0 Å². The van der Waals surface area contributed by atoms with Crippen molar-refractivity contribution < 1.29 is 4.79 Å². The second kappa shape index (κ2) is 6.83. The monoisotopic (exact) mass is 344 g/mol. The van der Waals surface area contributed by atoms with Crippen molar-refractivity contribution in [1.82, 2.24) is 9.88 Å². The summed E-state index contributed by atoms with van der Waals surface area (Å²) in [6.45, 7) is 5.68. The number of rotatable bonds is 3. The lowest BCUT2D eigenvalue weighted by Crippen LogP contribution is -2.35. The van der Waals surface area contributed by atoms with Gasteiger partial charge in [-0.15, -0.1) is 0 Å². The van der Waals surface area contributed by atoms with Crippen molar-refractivity contribution in [3.05, 3.63) is 77.0 Å². The molecule has 0 atom stereocenters. The van der Waals surface area contributed by atoms with Gasteiger partial charge in [0, 0.05) is 35.2 Å². The molecule has 26 heavy (non-hydrogen) atoms. The van der Waals surface area contributed by atoms with E-state index < -0.39 is 0 Å². The smallest absolute Gasteiger partial charge is 0.227 e. The summed E-state index contributed by atoms with van der Waals surface area (Å²) in [5.41, 5.74) is 7.35. The number of para-hydroxylation sites is 1. The third-order valence-electron chi connectivity index (χ3n) is 5.38. The van der Waals surface area contributed by atoms with Gasteiger partial charge in [0.15, 0.2) is 0 Å². The van der Waals surface area contributed by atoms with Gasteiger partial charge in [-0.05, 0) is 43.0 Å². The van der Waals surface area contributed by atoms with E-state index in [1.807, 2.05) is 23.1 Å². The van der Waals surface area contributed by atoms with E-state index in [0.29, 0.717) is 13.0 Å². The highest BCUT2D eigenvalue weighted by molar-refractivity contribution is 5.94. The molecule has 0 radical (unpaired) electrons. The topological polar surface area (TPSA) is 36.1 Å². The number of aromatic nitrogens is 1. The normalized spacial score (nSPS) is 14.5. The molecule has 1 aliphatic rings. The van der Waals surface area contributed by atoms with Gasteiger partial charge in [0.25, 0.3) is 0 Å². The minimum atomic E-state index is 0.213. The van der Waals surface area contributed by atoms with E-state index in [9.17, 15) is 4.79 Å². The molecule has 1 aromatic heterocycles. The zero-order valence-electron chi connectivity index (χ0n) is 15.4. The lowest BCUT2D eigenvalue weighted by Gasteiger charge is -2.27. The highest BCUT2D eigenvalue weighted by Crippen LogP contribution is 2.32. The van der Waals surface area contributed by atoms with Crippen LogP contribution in [0.25, 0.3) is 16.5 Å². The van der Waals surface area contributed by atoms with Gasteiger partial charge < -0.3 is 9.88 Å². The first-order valence-corrected chi connectivity index (χ1v) is 9.22. The molecule has 3 heteroatoms. The standard InChI is InChI=1S/C23H24N2O/c1-16-7-3-4-8-19(16)15-22(26)25-13-11-18(12-14-25)23-17(2)24-21-10-6-5-9-20(21)23/h3-11,24H,12-15H2,1-2H3. The second-order valence-electron chi connectivity index (χ2n) is 7.09. The Kier molecular flexibility index (Phi) is 4.37. The zero-order valence-corrected chi connectivity index (χ0v) is 15.4. The first-order chi connectivity index (χ1) is 12.6. The summed E-state index contributed by atoms with van der Waals surface area (Å²) >= 11 is 0. The van der Waals surface area contributed by atoms with Crippen LogP contribution in [0.4, 0.5) is 0 Å². The average molecular weight is 344 g/mol. The van der Waals surface area contributed by atoms with E-state index >= 15 is 0 Å². The van der Waals surface area contributed by atoms with Crippen LogP contribution in [0.15, 0.2) is 54.6 Å². The summed E-state index contributed by atoms with van der Waals surface area (Å²) in [4.78, 5) is 18.1. The molecule has 1 N–H and O–H groups in total. The van der Waals surface area contributed by atoms with Gasteiger partial charge in [0.1, 0.15) is 0 Å². The number of carbonyl (C=O) groups excluding carboxylic acids is 1. The molecule has 4 rings (SSSR count). The lowest BCUT2D eigenvalue weighted by atomic mass is 9.96. The maximum absolute atomic E-state index is 12.7. The number of amides is 1. The molecule has 0 aliphatic carbocycles. The maximum atomic E-state index is 12.7. The fourth-order valence-corrected chi connectivity index (χ4v) is 3.90. The van der Waals surface area contributed by atoms with E-state index in [1.165, 1.54) is 33.3 Å². The van der Waals surface area contributed by atoms with Crippen molar-refractivity contribution in [3.63, 3.8) is 0 Å². The lowest BCUT2D eigenvalue weighted by molar-refractivity contribution is -0.130. The van der Waals surface area contributed by atoms with Crippen molar-refractivity contribution in [1.29, 1.82) is 0 Å². The molecule has 1 aliphatic heterocycles. The molecule has 3 aromatic rings. The van der Waals surface area contributed by atoms with E-state index in [1.54, 1.807) is 0 Å². The van der Waals surface area contributed by atoms with Crippen LogP contribution in [0.2, 0.25) is 0 Å². The quantitative estimate of drug-likeness (QED) is 0.738. The Labute approximate surface area is 154 Å². The number of nitrogens with zero attached hydrogens (tertiary/aromatic N) is 1. The molecule has 3 nitrogen and oxygen atoms in total. The molecule has 0 saturated carbocycles. The van der Waals surface area contributed by atoms with Gasteiger partial charge in [-0.2, -0.15) is 0 Å². The van der Waals surface area contributed by atoms with Gasteiger partial charge in [-0.1, -0.05) is 48.5 Å². The molecular weight excluding hydrogens is 320 g/mol. The Balaban J connectivity index is 1.52. The maximum Gasteiger partial charge on any atom is 0.227 e. The van der Waals surface area contributed by atoms with Gasteiger partial charge in [0.05, 0.1) is 6.42 Å². The second-order valence-corrected chi connectivity index (χ2v) is 7.09. The van der Waals surface area contributed by atoms with Crippen molar-refractivity contribution >= 4 is 22.4 Å². The van der Waals surface area contributed by atoms with Crippen LogP contribution in [0.3, 0.4) is 0 Å². The van der Waals surface area contributed by atoms with Crippen LogP contribution < -0.4 is 0 Å². The third kappa shape index (κ3) is 3.05. The molecule has 1 amide bonds. The van der Waals surface area contributed by atoms with Crippen LogP contribution in [-0.4, -0.2) is 28.9 Å². The number of carbonyl (C=O) groups is 1. The molecule has 2 heterocycles. The Morgan fingerprint density at radius 1 is 1.08 bits per heavy atom. The highest BCUT2D eigenvalue weighted by atomic mass is 16.2. The summed E-state index contributed by atoms with van der Waals surface area (Å²) in [6.07, 6.45) is 3.62. The fourth-order valence-electron chi connectivity index (χ4n) is 3.90. The van der Waals surface area contributed by atoms with Crippen molar-refractivity contribution in [2.45, 2.75) is 26.7 Å². The molecule has 0 bridgehead atoms. The average Bonchev–Trinajstić information content (AvgIpc) is 2.99. The molecule has 0 spiro atoms. The molecule has 132 valence electrons. The molecule has 0 unspecified atom stereocenters. The number of nitrogens with one attached hydrogen (secondary N) is 1. The van der Waals surface area contributed by atoms with Crippen LogP contribution in [-0.2, 0) is 11.2 Å². The van der Waals surface area contributed by atoms with Gasteiger partial charge in [-0.25, -0.2) is 0 Å². The summed E-state index contributed by atoms with van der Waals surface area (Å²) in [7, 11) is 0. The minimum Gasteiger partial charge on any atom is -0.358 e. The first kappa shape index (κ1) is 16.6. The van der Waals surface area contributed by atoms with E-state index in [4.69, 9.17) is 0 Å². The Hall–Kier alpha value is -2.81. The van der Waals surface area contributed by atoms with Crippen LogP contribution in [0, 0.1) is 13.8 Å². The predicted molar refractivity (Wildman–Crippen MR) is 107 cm³/mol. The van der Waals surface area contributed by atoms with E-state index in [0.717, 1.165) is 18.5 Å². The highest BCUT2D eigenvalue weighted by Gasteiger charge is 2.21. The number of benzene rings is 2. The number of fused-ring (bicyclic) bond motifs is 1. The third-order valence-corrected chi connectivity index (χ3v) is 5.38. The van der Waals surface area contributed by atoms with E-state index in [2.05, 4.69) is 55.2 Å². The number of hydrogen-bond acceptors (Lipinski definition) is 1. The summed E-state index contributed by atoms with van der Waals surface area (Å²) in [5.74, 6) is 0.213. The number of H-pyrrole nitrogens is 1. The Morgan fingerprint density at radius 2 is 1.85 bits per heavy atom. The van der Waals surface area contributed by atoms with Crippen molar-refractivity contribution in [3.8, 4) is 0 Å². The number of aromatic amines is 1. The zero-order chi connectivity index (χ0) is 18.1. The molecule has 0 fully saturated rings. The Morgan fingerprint density at radius 3 is 2.62 bits per heavy atom. The molecule has 2 aromatic carbocycles. The number of aryl methyl sites for hydroxylation is 2. The Bertz CT molecular complexity index is 996. The minimum absolute atomic E-state index is 0.213. The predicted octanol–water partition coefficient (Wildman–Crippen LogP) is 4.64. The van der Waals surface area contributed by atoms with Crippen LogP contribution >= 0.6 is 0 Å². The van der Waals surface area contributed by atoms with Gasteiger partial charge in [0.2, 0.25) is 5.91 Å². The largest absolute Gasteiger partial charge is 0.358 e.